The van der Waals surface area contributed by atoms with E-state index in [9.17, 15) is 22.8 Å². The third-order valence-corrected chi connectivity index (χ3v) is 3.79. The van der Waals surface area contributed by atoms with Gasteiger partial charge in [-0.1, -0.05) is 30.3 Å². The molecular weight excluding hydrogens is 335 g/mol. The molecule has 1 aromatic rings. The topological polar surface area (TPSA) is 75.6 Å². The van der Waals surface area contributed by atoms with Crippen LogP contribution in [-0.4, -0.2) is 33.5 Å². The molecule has 0 radical (unpaired) electrons. The van der Waals surface area contributed by atoms with Crippen LogP contribution in [0.5, 0.6) is 0 Å². The number of ether oxygens (including phenoxy) is 1. The average molecular weight is 351 g/mol. The maximum absolute atomic E-state index is 12.5. The largest absolute Gasteiger partial charge is 0.480 e. The van der Waals surface area contributed by atoms with Crippen molar-refractivity contribution in [3.05, 3.63) is 35.9 Å². The van der Waals surface area contributed by atoms with Crippen molar-refractivity contribution in [2.45, 2.75) is 36.8 Å². The Morgan fingerprint density at radius 1 is 1.26 bits per heavy atom. The Hall–Kier alpha value is -1.90. The van der Waals surface area contributed by atoms with Crippen LogP contribution in [0.4, 0.5) is 18.0 Å². The molecule has 0 saturated heterocycles. The first-order valence-corrected chi connectivity index (χ1v) is 7.30. The van der Waals surface area contributed by atoms with E-state index in [0.717, 1.165) is 13.8 Å². The van der Waals surface area contributed by atoms with Gasteiger partial charge >= 0.3 is 17.6 Å². The van der Waals surface area contributed by atoms with Crippen molar-refractivity contribution in [3.8, 4) is 0 Å². The number of carboxylic acid groups (broad SMARTS) is 1. The van der Waals surface area contributed by atoms with Gasteiger partial charge in [-0.25, -0.2) is 9.59 Å². The fourth-order valence-electron chi connectivity index (χ4n) is 1.77. The highest BCUT2D eigenvalue weighted by Crippen LogP contribution is 2.42. The molecule has 23 heavy (non-hydrogen) atoms. The number of carboxylic acids is 1. The van der Waals surface area contributed by atoms with Gasteiger partial charge in [0.05, 0.1) is 4.75 Å². The Morgan fingerprint density at radius 3 is 2.30 bits per heavy atom. The standard InChI is InChI=1S/C14H16F3NO4S/c1-13(2,23-14(15,16)17)10(11(19)20)18-12(21)22-8-9-6-4-3-5-7-9/h3-7,10H,8H2,1-2H3,(H,18,21)(H,19,20)/t10-/m1/s1. The van der Waals surface area contributed by atoms with Crippen molar-refractivity contribution in [1.29, 1.82) is 0 Å². The van der Waals surface area contributed by atoms with E-state index in [0.29, 0.717) is 5.56 Å². The van der Waals surface area contributed by atoms with E-state index in [1.165, 1.54) is 0 Å². The van der Waals surface area contributed by atoms with Crippen LogP contribution in [0, 0.1) is 0 Å². The van der Waals surface area contributed by atoms with Crippen molar-refractivity contribution >= 4 is 23.8 Å². The second kappa shape index (κ2) is 7.58. The van der Waals surface area contributed by atoms with Gasteiger partial charge in [0, 0.05) is 0 Å². The normalized spacial score (nSPS) is 13.3. The Bertz CT molecular complexity index is 549. The molecule has 0 spiro atoms. The van der Waals surface area contributed by atoms with Gasteiger partial charge in [-0.05, 0) is 31.2 Å². The molecule has 0 bridgehead atoms. The minimum absolute atomic E-state index is 0.119. The number of hydrogen-bond donors (Lipinski definition) is 2. The molecule has 0 aliphatic carbocycles. The lowest BCUT2D eigenvalue weighted by molar-refractivity contribution is -0.140. The van der Waals surface area contributed by atoms with Crippen molar-refractivity contribution in [1.82, 2.24) is 5.32 Å². The highest BCUT2D eigenvalue weighted by Gasteiger charge is 2.46. The van der Waals surface area contributed by atoms with Gasteiger partial charge in [0.25, 0.3) is 0 Å². The number of aliphatic carboxylic acids is 1. The van der Waals surface area contributed by atoms with E-state index in [1.807, 2.05) is 5.32 Å². The van der Waals surface area contributed by atoms with Gasteiger partial charge in [-0.3, -0.25) is 0 Å². The first-order chi connectivity index (χ1) is 10.5. The van der Waals surface area contributed by atoms with Crippen LogP contribution in [0.2, 0.25) is 0 Å². The molecule has 0 aromatic heterocycles. The molecule has 0 aliphatic heterocycles. The summed E-state index contributed by atoms with van der Waals surface area (Å²) in [6.45, 7) is 2.05. The monoisotopic (exact) mass is 351 g/mol. The highest BCUT2D eigenvalue weighted by molar-refractivity contribution is 8.01. The predicted octanol–water partition coefficient (Wildman–Crippen LogP) is 3.40. The molecule has 0 heterocycles. The van der Waals surface area contributed by atoms with Crippen LogP contribution in [0.3, 0.4) is 0 Å². The maximum Gasteiger partial charge on any atom is 0.442 e. The summed E-state index contributed by atoms with van der Waals surface area (Å²) in [5.41, 5.74) is -3.97. The summed E-state index contributed by atoms with van der Waals surface area (Å²) in [7, 11) is 0. The SMILES string of the molecule is CC(C)(SC(F)(F)F)[C@H](NC(=O)OCc1ccccc1)C(=O)O. The molecule has 1 aromatic carbocycles. The van der Waals surface area contributed by atoms with Crippen molar-refractivity contribution in [2.24, 2.45) is 0 Å². The quantitative estimate of drug-likeness (QED) is 0.822. The number of alkyl halides is 3. The number of nitrogens with one attached hydrogen (secondary N) is 1. The first-order valence-electron chi connectivity index (χ1n) is 6.48. The van der Waals surface area contributed by atoms with Crippen LogP contribution in [0.1, 0.15) is 19.4 Å². The summed E-state index contributed by atoms with van der Waals surface area (Å²) in [6, 6.07) is 6.81. The molecule has 1 amide bonds. The molecule has 0 saturated carbocycles. The molecule has 5 nitrogen and oxygen atoms in total. The van der Waals surface area contributed by atoms with Gasteiger partial charge in [0.1, 0.15) is 12.6 Å². The lowest BCUT2D eigenvalue weighted by Gasteiger charge is -2.31. The molecule has 0 aliphatic rings. The number of benzene rings is 1. The van der Waals surface area contributed by atoms with Gasteiger partial charge in [0.2, 0.25) is 0 Å². The zero-order chi connectivity index (χ0) is 17.7. The molecule has 128 valence electrons. The number of thioether (sulfide) groups is 1. The van der Waals surface area contributed by atoms with E-state index >= 15 is 0 Å². The second-order valence-corrected chi connectivity index (χ2v) is 6.85. The predicted molar refractivity (Wildman–Crippen MR) is 78.9 cm³/mol. The van der Waals surface area contributed by atoms with Crippen LogP contribution < -0.4 is 5.32 Å². The minimum Gasteiger partial charge on any atom is -0.480 e. The summed E-state index contributed by atoms with van der Waals surface area (Å²) in [5, 5.41) is 11.1. The molecule has 1 atom stereocenters. The average Bonchev–Trinajstić information content (AvgIpc) is 2.40. The number of rotatable bonds is 6. The Labute approximate surface area is 135 Å². The van der Waals surface area contributed by atoms with Gasteiger partial charge in [-0.2, -0.15) is 13.2 Å². The number of amides is 1. The maximum atomic E-state index is 12.5. The van der Waals surface area contributed by atoms with Crippen LogP contribution >= 0.6 is 11.8 Å². The van der Waals surface area contributed by atoms with Crippen molar-refractivity contribution in [2.75, 3.05) is 0 Å². The second-order valence-electron chi connectivity index (χ2n) is 5.13. The van der Waals surface area contributed by atoms with E-state index in [2.05, 4.69) is 0 Å². The molecule has 0 fully saturated rings. The Morgan fingerprint density at radius 2 is 1.83 bits per heavy atom. The molecular formula is C14H16F3NO4S. The van der Waals surface area contributed by atoms with E-state index in [4.69, 9.17) is 9.84 Å². The fourth-order valence-corrected chi connectivity index (χ4v) is 2.65. The lowest BCUT2D eigenvalue weighted by Crippen LogP contribution is -2.53. The van der Waals surface area contributed by atoms with E-state index < -0.39 is 40.1 Å². The summed E-state index contributed by atoms with van der Waals surface area (Å²) in [6.07, 6.45) is -1.10. The summed E-state index contributed by atoms with van der Waals surface area (Å²) in [5.74, 6) is -1.58. The summed E-state index contributed by atoms with van der Waals surface area (Å²) < 4.78 is 40.5. The minimum atomic E-state index is -4.63. The van der Waals surface area contributed by atoms with Gasteiger partial charge < -0.3 is 15.2 Å². The van der Waals surface area contributed by atoms with Gasteiger partial charge in [-0.15, -0.1) is 0 Å². The van der Waals surface area contributed by atoms with E-state index in [-0.39, 0.29) is 6.61 Å². The van der Waals surface area contributed by atoms with Crippen LogP contribution in [0.25, 0.3) is 0 Å². The highest BCUT2D eigenvalue weighted by atomic mass is 32.2. The van der Waals surface area contributed by atoms with Gasteiger partial charge in [0.15, 0.2) is 0 Å². The third kappa shape index (κ3) is 6.81. The Kier molecular flexibility index (Phi) is 6.31. The number of carbonyl (C=O) groups excluding carboxylic acids is 1. The first kappa shape index (κ1) is 19.1. The number of alkyl carbamates (subject to hydrolysis) is 1. The van der Waals surface area contributed by atoms with Crippen LogP contribution in [0.15, 0.2) is 30.3 Å². The zero-order valence-corrected chi connectivity index (χ0v) is 13.2. The number of carbonyl (C=O) groups is 2. The molecule has 1 rings (SSSR count). The smallest absolute Gasteiger partial charge is 0.442 e. The summed E-state index contributed by atoms with van der Waals surface area (Å²) >= 11 is -0.499. The summed E-state index contributed by atoms with van der Waals surface area (Å²) in [4.78, 5) is 22.8. The van der Waals surface area contributed by atoms with Crippen molar-refractivity contribution < 1.29 is 32.6 Å². The fraction of sp³-hybridized carbons (Fsp3) is 0.429. The molecule has 0 unspecified atom stereocenters. The van der Waals surface area contributed by atoms with Crippen LogP contribution in [-0.2, 0) is 16.1 Å². The molecule has 2 N–H and O–H groups in total. The molecule has 9 heteroatoms. The lowest BCUT2D eigenvalue weighted by atomic mass is 10.0. The zero-order valence-electron chi connectivity index (χ0n) is 12.4. The van der Waals surface area contributed by atoms with E-state index in [1.54, 1.807) is 30.3 Å². The number of hydrogen-bond acceptors (Lipinski definition) is 4. The van der Waals surface area contributed by atoms with Crippen molar-refractivity contribution in [3.63, 3.8) is 0 Å². The third-order valence-electron chi connectivity index (χ3n) is 2.80. The Balaban J connectivity index is 2.68. The number of halogens is 3.